The Morgan fingerprint density at radius 1 is 1.11 bits per heavy atom. The molecule has 2 aromatic heterocycles. The van der Waals surface area contributed by atoms with Crippen molar-refractivity contribution < 1.29 is 13.2 Å². The van der Waals surface area contributed by atoms with Crippen molar-refractivity contribution in [1.82, 2.24) is 15.3 Å². The fourth-order valence-corrected chi connectivity index (χ4v) is 4.68. The molecule has 0 fully saturated rings. The van der Waals surface area contributed by atoms with E-state index in [-0.39, 0.29) is 17.8 Å². The van der Waals surface area contributed by atoms with Crippen LogP contribution in [-0.4, -0.2) is 22.7 Å². The van der Waals surface area contributed by atoms with Gasteiger partial charge in [-0.15, -0.1) is 0 Å². The van der Waals surface area contributed by atoms with E-state index in [0.717, 1.165) is 10.9 Å². The predicted octanol–water partition coefficient (Wildman–Crippen LogP) is 5.56. The van der Waals surface area contributed by atoms with Crippen molar-refractivity contribution in [2.75, 3.05) is 6.54 Å². The first-order valence-electron chi connectivity index (χ1n) is 9.02. The largest absolute Gasteiger partial charge is 0.416 e. The number of nitrogens with one attached hydrogen (secondary N) is 3. The summed E-state index contributed by atoms with van der Waals surface area (Å²) >= 11 is 6.12. The first kappa shape index (κ1) is 17.6. The summed E-state index contributed by atoms with van der Waals surface area (Å²) in [6.07, 6.45) is -2.58. The van der Waals surface area contributed by atoms with Gasteiger partial charge in [-0.1, -0.05) is 29.8 Å². The van der Waals surface area contributed by atoms with Gasteiger partial charge in [-0.3, -0.25) is 5.32 Å². The molecule has 3 heterocycles. The second-order valence-corrected chi connectivity index (χ2v) is 7.73. The number of fused-ring (bicyclic) bond motifs is 4. The zero-order valence-corrected chi connectivity index (χ0v) is 15.7. The Morgan fingerprint density at radius 2 is 1.93 bits per heavy atom. The Bertz CT molecular complexity index is 1220. The molecule has 5 rings (SSSR count). The molecule has 1 aliphatic rings. The predicted molar refractivity (Wildman–Crippen MR) is 105 cm³/mol. The highest BCUT2D eigenvalue weighted by atomic mass is 35.5. The van der Waals surface area contributed by atoms with E-state index >= 15 is 0 Å². The number of H-pyrrole nitrogens is 2. The van der Waals surface area contributed by atoms with Crippen molar-refractivity contribution in [3.05, 3.63) is 70.0 Å². The normalized spacial score (nSPS) is 20.0. The van der Waals surface area contributed by atoms with Gasteiger partial charge in [0.2, 0.25) is 0 Å². The minimum Gasteiger partial charge on any atom is -0.361 e. The molecule has 3 N–H and O–H groups in total. The average molecular weight is 404 g/mol. The minimum absolute atomic E-state index is 0.144. The van der Waals surface area contributed by atoms with E-state index in [0.29, 0.717) is 33.4 Å². The summed E-state index contributed by atoms with van der Waals surface area (Å²) < 4.78 is 44.3. The molecule has 7 heteroatoms. The number of aromatic nitrogens is 2. The lowest BCUT2D eigenvalue weighted by molar-refractivity contribution is -0.189. The van der Waals surface area contributed by atoms with Gasteiger partial charge >= 0.3 is 6.18 Å². The molecule has 2 aromatic carbocycles. The first-order chi connectivity index (χ1) is 13.3. The lowest BCUT2D eigenvalue weighted by Crippen LogP contribution is -2.58. The molecule has 1 aliphatic heterocycles. The van der Waals surface area contributed by atoms with Crippen LogP contribution in [0.15, 0.2) is 42.6 Å². The number of aryl methyl sites for hydroxylation is 1. The van der Waals surface area contributed by atoms with Crippen molar-refractivity contribution in [2.24, 2.45) is 0 Å². The van der Waals surface area contributed by atoms with E-state index in [1.807, 2.05) is 13.0 Å². The summed E-state index contributed by atoms with van der Waals surface area (Å²) in [4.78, 5) is 6.10. The van der Waals surface area contributed by atoms with Crippen LogP contribution in [0.4, 0.5) is 13.2 Å². The summed E-state index contributed by atoms with van der Waals surface area (Å²) in [6.45, 7) is 2.10. The Morgan fingerprint density at radius 3 is 2.71 bits per heavy atom. The van der Waals surface area contributed by atoms with Gasteiger partial charge in [-0.05, 0) is 42.7 Å². The Hall–Kier alpha value is -2.44. The number of aromatic amines is 2. The number of hydrogen-bond acceptors (Lipinski definition) is 1. The summed E-state index contributed by atoms with van der Waals surface area (Å²) in [5, 5.41) is 4.63. The number of hydrogen-bond donors (Lipinski definition) is 3. The molecule has 4 aromatic rings. The van der Waals surface area contributed by atoms with E-state index in [1.165, 1.54) is 6.20 Å². The van der Waals surface area contributed by atoms with E-state index in [2.05, 4.69) is 15.3 Å². The van der Waals surface area contributed by atoms with Crippen molar-refractivity contribution in [1.29, 1.82) is 0 Å². The van der Waals surface area contributed by atoms with E-state index in [4.69, 9.17) is 11.6 Å². The topological polar surface area (TPSA) is 43.6 Å². The van der Waals surface area contributed by atoms with Crippen LogP contribution in [0.2, 0.25) is 5.02 Å². The van der Waals surface area contributed by atoms with E-state index in [9.17, 15) is 13.2 Å². The smallest absolute Gasteiger partial charge is 0.361 e. The van der Waals surface area contributed by atoms with Gasteiger partial charge in [-0.2, -0.15) is 13.2 Å². The highest BCUT2D eigenvalue weighted by Crippen LogP contribution is 2.50. The summed E-state index contributed by atoms with van der Waals surface area (Å²) in [6, 6.07) is 10.6. The van der Waals surface area contributed by atoms with Gasteiger partial charge in [-0.25, -0.2) is 0 Å². The molecule has 0 saturated carbocycles. The van der Waals surface area contributed by atoms with Crippen LogP contribution in [0.25, 0.3) is 21.8 Å². The second kappa shape index (κ2) is 5.78. The lowest BCUT2D eigenvalue weighted by atomic mass is 9.80. The van der Waals surface area contributed by atoms with Crippen molar-refractivity contribution in [2.45, 2.75) is 25.1 Å². The Labute approximate surface area is 163 Å². The van der Waals surface area contributed by atoms with Crippen LogP contribution in [0, 0.1) is 6.92 Å². The fourth-order valence-electron chi connectivity index (χ4n) is 4.50. The zero-order valence-electron chi connectivity index (χ0n) is 15.0. The Kier molecular flexibility index (Phi) is 3.64. The summed E-state index contributed by atoms with van der Waals surface area (Å²) in [5.74, 6) is 0. The number of halogens is 4. The third-order valence-corrected chi connectivity index (χ3v) is 6.00. The molecule has 3 nitrogen and oxygen atoms in total. The second-order valence-electron chi connectivity index (χ2n) is 7.29. The molecule has 0 spiro atoms. The average Bonchev–Trinajstić information content (AvgIpc) is 3.23. The quantitative estimate of drug-likeness (QED) is 0.382. The van der Waals surface area contributed by atoms with Crippen LogP contribution in [0.5, 0.6) is 0 Å². The van der Waals surface area contributed by atoms with Crippen LogP contribution in [0.3, 0.4) is 0 Å². The Balaban J connectivity index is 1.89. The number of alkyl halides is 3. The van der Waals surface area contributed by atoms with Gasteiger partial charge in [0, 0.05) is 45.1 Å². The van der Waals surface area contributed by atoms with Gasteiger partial charge in [0.25, 0.3) is 0 Å². The molecular formula is C21H17ClF3N3. The highest BCUT2D eigenvalue weighted by Gasteiger charge is 2.61. The molecule has 0 unspecified atom stereocenters. The number of benzene rings is 2. The zero-order chi connectivity index (χ0) is 19.7. The fraction of sp³-hybridized carbons (Fsp3) is 0.238. The molecule has 0 saturated heterocycles. The maximum atomic E-state index is 14.8. The summed E-state index contributed by atoms with van der Waals surface area (Å²) in [5.41, 5.74) is 0.939. The van der Waals surface area contributed by atoms with E-state index in [1.54, 1.807) is 30.3 Å². The molecule has 0 radical (unpaired) electrons. The SMILES string of the molecule is Cc1cccc2c([C@]3(C(F)(F)F)NCCc4c3[nH]c3ccc(Cl)cc43)c[nH]c12. The van der Waals surface area contributed by atoms with Crippen molar-refractivity contribution >= 4 is 33.4 Å². The molecule has 1 atom stereocenters. The molecule has 144 valence electrons. The lowest BCUT2D eigenvalue weighted by Gasteiger charge is -2.40. The van der Waals surface area contributed by atoms with Crippen LogP contribution < -0.4 is 5.32 Å². The maximum Gasteiger partial charge on any atom is 0.416 e. The molecule has 0 aliphatic carbocycles. The molecular weight excluding hydrogens is 387 g/mol. The van der Waals surface area contributed by atoms with Gasteiger partial charge in [0.1, 0.15) is 0 Å². The number of para-hydroxylation sites is 1. The standard InChI is InChI=1S/C21H17ClF3N3/c1-11-3-2-4-14-16(10-26-18(11)14)20(21(23,24)25)19-13(7-8-27-20)15-9-12(22)5-6-17(15)28-19/h2-6,9-10,26-28H,7-8H2,1H3/t20-/m0/s1. The molecule has 0 amide bonds. The van der Waals surface area contributed by atoms with Gasteiger partial charge < -0.3 is 9.97 Å². The summed E-state index contributed by atoms with van der Waals surface area (Å²) in [7, 11) is 0. The molecule has 28 heavy (non-hydrogen) atoms. The van der Waals surface area contributed by atoms with Gasteiger partial charge in [0.05, 0.1) is 5.69 Å². The van der Waals surface area contributed by atoms with Crippen molar-refractivity contribution in [3.63, 3.8) is 0 Å². The maximum absolute atomic E-state index is 14.8. The number of rotatable bonds is 1. The van der Waals surface area contributed by atoms with Gasteiger partial charge in [0.15, 0.2) is 5.54 Å². The molecule has 0 bridgehead atoms. The van der Waals surface area contributed by atoms with Crippen LogP contribution in [0.1, 0.15) is 22.4 Å². The minimum atomic E-state index is -4.55. The first-order valence-corrected chi connectivity index (χ1v) is 9.40. The monoisotopic (exact) mass is 403 g/mol. The highest BCUT2D eigenvalue weighted by molar-refractivity contribution is 6.31. The third-order valence-electron chi connectivity index (χ3n) is 5.76. The van der Waals surface area contributed by atoms with E-state index < -0.39 is 11.7 Å². The van der Waals surface area contributed by atoms with Crippen LogP contribution >= 0.6 is 11.6 Å². The van der Waals surface area contributed by atoms with Crippen molar-refractivity contribution in [3.8, 4) is 0 Å². The third kappa shape index (κ3) is 2.22. The van der Waals surface area contributed by atoms with Crippen LogP contribution in [-0.2, 0) is 12.0 Å².